The normalized spacial score (nSPS) is 13.8. The van der Waals surface area contributed by atoms with Crippen LogP contribution in [0.25, 0.3) is 0 Å². The largest absolute Gasteiger partial charge is 0.480 e. The van der Waals surface area contributed by atoms with E-state index < -0.39 is 29.1 Å². The first-order chi connectivity index (χ1) is 8.38. The average Bonchev–Trinajstić information content (AvgIpc) is 2.18. The van der Waals surface area contributed by atoms with Crippen LogP contribution < -0.4 is 5.32 Å². The Balaban J connectivity index is 4.85. The highest BCUT2D eigenvalue weighted by molar-refractivity contribution is 5.83. The minimum atomic E-state index is -1.07. The second-order valence-corrected chi connectivity index (χ2v) is 6.41. The lowest BCUT2D eigenvalue weighted by Gasteiger charge is -2.32. The molecule has 0 aliphatic rings. The van der Waals surface area contributed by atoms with Gasteiger partial charge in [-0.3, -0.25) is 0 Å². The molecule has 0 fully saturated rings. The molecule has 0 radical (unpaired) electrons. The summed E-state index contributed by atoms with van der Waals surface area (Å²) in [7, 11) is 0. The summed E-state index contributed by atoms with van der Waals surface area (Å²) in [6, 6.07) is -1.46. The fourth-order valence-corrected chi connectivity index (χ4v) is 1.66. The Hall–Kier alpha value is -1.30. The van der Waals surface area contributed by atoms with Crippen molar-refractivity contribution in [1.82, 2.24) is 10.2 Å². The van der Waals surface area contributed by atoms with Gasteiger partial charge in [0.25, 0.3) is 0 Å². The molecule has 0 saturated heterocycles. The number of urea groups is 1. The van der Waals surface area contributed by atoms with Crippen LogP contribution in [-0.4, -0.2) is 51.8 Å². The van der Waals surface area contributed by atoms with Crippen LogP contribution >= 0.6 is 0 Å². The van der Waals surface area contributed by atoms with Crippen molar-refractivity contribution in [3.05, 3.63) is 0 Å². The van der Waals surface area contributed by atoms with Crippen LogP contribution in [-0.2, 0) is 4.79 Å². The number of aliphatic hydroxyl groups is 1. The Bertz CT molecular complexity index is 329. The molecule has 112 valence electrons. The van der Waals surface area contributed by atoms with Gasteiger partial charge in [0.2, 0.25) is 0 Å². The van der Waals surface area contributed by atoms with Crippen LogP contribution in [0, 0.1) is 5.41 Å². The van der Waals surface area contributed by atoms with Gasteiger partial charge in [0.15, 0.2) is 0 Å². The van der Waals surface area contributed by atoms with E-state index in [0.717, 1.165) is 0 Å². The van der Waals surface area contributed by atoms with E-state index in [1.54, 1.807) is 41.5 Å². The van der Waals surface area contributed by atoms with Crippen molar-refractivity contribution in [2.45, 2.75) is 53.2 Å². The maximum absolute atomic E-state index is 12.1. The number of hydrogen-bond acceptors (Lipinski definition) is 3. The molecule has 0 aromatic rings. The van der Waals surface area contributed by atoms with Crippen LogP contribution in [0.15, 0.2) is 0 Å². The van der Waals surface area contributed by atoms with E-state index in [-0.39, 0.29) is 6.54 Å². The van der Waals surface area contributed by atoms with Crippen LogP contribution in [0.5, 0.6) is 0 Å². The lowest BCUT2D eigenvalue weighted by molar-refractivity contribution is -0.142. The Morgan fingerprint density at radius 1 is 1.21 bits per heavy atom. The summed E-state index contributed by atoms with van der Waals surface area (Å²) >= 11 is 0. The van der Waals surface area contributed by atoms with Crippen molar-refractivity contribution >= 4 is 12.0 Å². The van der Waals surface area contributed by atoms with E-state index in [9.17, 15) is 14.7 Å². The second-order valence-electron chi connectivity index (χ2n) is 6.41. The quantitative estimate of drug-likeness (QED) is 0.704. The highest BCUT2D eigenvalue weighted by Crippen LogP contribution is 2.19. The smallest absolute Gasteiger partial charge is 0.326 e. The first kappa shape index (κ1) is 17.7. The molecule has 0 rings (SSSR count). The number of carboxylic acid groups (broad SMARTS) is 1. The number of hydrogen-bond donors (Lipinski definition) is 3. The van der Waals surface area contributed by atoms with Gasteiger partial charge in [-0.25, -0.2) is 9.59 Å². The predicted molar refractivity (Wildman–Crippen MR) is 73.0 cm³/mol. The van der Waals surface area contributed by atoms with E-state index in [4.69, 9.17) is 5.11 Å². The van der Waals surface area contributed by atoms with Crippen LogP contribution in [0.4, 0.5) is 4.79 Å². The number of rotatable bonds is 5. The van der Waals surface area contributed by atoms with E-state index in [1.807, 2.05) is 0 Å². The molecule has 0 saturated carbocycles. The Kier molecular flexibility index (Phi) is 5.81. The number of nitrogens with zero attached hydrogens (tertiary/aromatic N) is 1. The third-order valence-corrected chi connectivity index (χ3v) is 2.63. The Morgan fingerprint density at radius 2 is 1.68 bits per heavy atom. The van der Waals surface area contributed by atoms with Crippen molar-refractivity contribution < 1.29 is 19.8 Å². The van der Waals surface area contributed by atoms with Crippen molar-refractivity contribution in [2.75, 3.05) is 13.1 Å². The molecule has 0 spiro atoms. The summed E-state index contributed by atoms with van der Waals surface area (Å²) in [6.07, 6.45) is 0. The fourth-order valence-electron chi connectivity index (χ4n) is 1.66. The van der Waals surface area contributed by atoms with E-state index in [0.29, 0.717) is 6.54 Å². The third kappa shape index (κ3) is 6.42. The first-order valence-electron chi connectivity index (χ1n) is 6.39. The van der Waals surface area contributed by atoms with E-state index in [2.05, 4.69) is 5.32 Å². The van der Waals surface area contributed by atoms with Crippen molar-refractivity contribution in [3.8, 4) is 0 Å². The number of likely N-dealkylation sites (N-methyl/N-ethyl adjacent to an activating group) is 1. The molecule has 1 unspecified atom stereocenters. The molecule has 0 aliphatic heterocycles. The topological polar surface area (TPSA) is 89.9 Å². The molecular formula is C13H26N2O4. The monoisotopic (exact) mass is 274 g/mol. The number of carbonyl (C=O) groups excluding carboxylic acids is 1. The molecule has 0 aliphatic carbocycles. The molecule has 6 nitrogen and oxygen atoms in total. The molecule has 1 atom stereocenters. The number of carboxylic acids is 1. The highest BCUT2D eigenvalue weighted by atomic mass is 16.4. The summed E-state index contributed by atoms with van der Waals surface area (Å²) in [4.78, 5) is 24.6. The standard InChI is InChI=1S/C13H26N2O4/c1-7-15(8-13(5,6)19)11(18)14-9(10(16)17)12(2,3)4/h9,19H,7-8H2,1-6H3,(H,14,18)(H,16,17). The van der Waals surface area contributed by atoms with Gasteiger partial charge in [0, 0.05) is 6.54 Å². The average molecular weight is 274 g/mol. The highest BCUT2D eigenvalue weighted by Gasteiger charge is 2.34. The zero-order valence-corrected chi connectivity index (χ0v) is 12.6. The molecule has 0 heterocycles. The zero-order valence-electron chi connectivity index (χ0n) is 12.6. The third-order valence-electron chi connectivity index (χ3n) is 2.63. The van der Waals surface area contributed by atoms with Gasteiger partial charge in [-0.05, 0) is 26.2 Å². The van der Waals surface area contributed by atoms with Gasteiger partial charge in [-0.1, -0.05) is 20.8 Å². The summed E-state index contributed by atoms with van der Waals surface area (Å²) in [6.45, 7) is 10.8. The number of aliphatic carboxylic acids is 1. The number of amides is 2. The van der Waals surface area contributed by atoms with Crippen LogP contribution in [0.3, 0.4) is 0 Å². The summed E-state index contributed by atoms with van der Waals surface area (Å²) in [5.41, 5.74) is -1.61. The molecule has 3 N–H and O–H groups in total. The van der Waals surface area contributed by atoms with Gasteiger partial charge >= 0.3 is 12.0 Å². The Morgan fingerprint density at radius 3 is 1.95 bits per heavy atom. The summed E-state index contributed by atoms with van der Waals surface area (Å²) < 4.78 is 0. The minimum Gasteiger partial charge on any atom is -0.480 e. The maximum Gasteiger partial charge on any atom is 0.326 e. The van der Waals surface area contributed by atoms with Crippen LogP contribution in [0.2, 0.25) is 0 Å². The van der Waals surface area contributed by atoms with Gasteiger partial charge < -0.3 is 20.4 Å². The Labute approximate surface area is 114 Å². The minimum absolute atomic E-state index is 0.145. The lowest BCUT2D eigenvalue weighted by Crippen LogP contribution is -2.55. The molecule has 0 aromatic heterocycles. The van der Waals surface area contributed by atoms with Gasteiger partial charge in [0.05, 0.1) is 12.1 Å². The zero-order chi connectivity index (χ0) is 15.4. The first-order valence-corrected chi connectivity index (χ1v) is 6.39. The SMILES string of the molecule is CCN(CC(C)(C)O)C(=O)NC(C(=O)O)C(C)(C)C. The van der Waals surface area contributed by atoms with Gasteiger partial charge in [0.1, 0.15) is 6.04 Å². The lowest BCUT2D eigenvalue weighted by atomic mass is 9.87. The summed E-state index contributed by atoms with van der Waals surface area (Å²) in [5, 5.41) is 21.4. The molecule has 2 amide bonds. The molecule has 0 aromatic carbocycles. The van der Waals surface area contributed by atoms with E-state index in [1.165, 1.54) is 4.90 Å². The van der Waals surface area contributed by atoms with Crippen molar-refractivity contribution in [1.29, 1.82) is 0 Å². The molecule has 19 heavy (non-hydrogen) atoms. The van der Waals surface area contributed by atoms with Crippen molar-refractivity contribution in [3.63, 3.8) is 0 Å². The fraction of sp³-hybridized carbons (Fsp3) is 0.846. The van der Waals surface area contributed by atoms with Gasteiger partial charge in [-0.2, -0.15) is 0 Å². The number of nitrogens with one attached hydrogen (secondary N) is 1. The maximum atomic E-state index is 12.1. The molecule has 0 bridgehead atoms. The second kappa shape index (κ2) is 6.23. The molecular weight excluding hydrogens is 248 g/mol. The molecule has 6 heteroatoms. The van der Waals surface area contributed by atoms with E-state index >= 15 is 0 Å². The van der Waals surface area contributed by atoms with Crippen LogP contribution in [0.1, 0.15) is 41.5 Å². The van der Waals surface area contributed by atoms with Crippen molar-refractivity contribution in [2.24, 2.45) is 5.41 Å². The summed E-state index contributed by atoms with van der Waals surface area (Å²) in [5.74, 6) is -1.07. The van der Waals surface area contributed by atoms with Gasteiger partial charge in [-0.15, -0.1) is 0 Å². The predicted octanol–water partition coefficient (Wildman–Crippen LogP) is 1.29. The number of carbonyl (C=O) groups is 2.